The first-order valence-corrected chi connectivity index (χ1v) is 9.77. The van der Waals surface area contributed by atoms with Gasteiger partial charge in [0.05, 0.1) is 22.9 Å². The Kier molecular flexibility index (Phi) is 4.62. The van der Waals surface area contributed by atoms with Crippen LogP contribution in [0.1, 0.15) is 29.0 Å². The summed E-state index contributed by atoms with van der Waals surface area (Å²) in [6.45, 7) is 3.28. The number of furan rings is 1. The normalized spacial score (nSPS) is 17.3. The number of thiazole rings is 1. The van der Waals surface area contributed by atoms with Crippen LogP contribution in [0.5, 0.6) is 0 Å². The summed E-state index contributed by atoms with van der Waals surface area (Å²) in [7, 11) is 0. The molecule has 1 aromatic carbocycles. The van der Waals surface area contributed by atoms with Gasteiger partial charge in [-0.25, -0.2) is 4.98 Å². The molecule has 3 aromatic rings. The molecule has 1 unspecified atom stereocenters. The second kappa shape index (κ2) is 6.90. The van der Waals surface area contributed by atoms with Gasteiger partial charge in [-0.1, -0.05) is 17.4 Å². The van der Waals surface area contributed by atoms with E-state index in [9.17, 15) is 4.79 Å². The van der Waals surface area contributed by atoms with Crippen molar-refractivity contribution < 1.29 is 13.9 Å². The molecule has 0 spiro atoms. The summed E-state index contributed by atoms with van der Waals surface area (Å²) in [5.74, 6) is 0.0947. The first-order valence-electron chi connectivity index (χ1n) is 8.16. The number of amides is 1. The average molecular weight is 421 g/mol. The molecule has 0 N–H and O–H groups in total. The van der Waals surface area contributed by atoms with Crippen molar-refractivity contribution in [2.45, 2.75) is 25.9 Å². The summed E-state index contributed by atoms with van der Waals surface area (Å²) in [6.07, 6.45) is 2.02. The van der Waals surface area contributed by atoms with Crippen LogP contribution in [-0.4, -0.2) is 30.1 Å². The van der Waals surface area contributed by atoms with Gasteiger partial charge in [0.2, 0.25) is 0 Å². The average Bonchev–Trinajstić information content (AvgIpc) is 3.31. The monoisotopic (exact) mass is 420 g/mol. The summed E-state index contributed by atoms with van der Waals surface area (Å²) in [5, 5.41) is 0.675. The molecule has 4 rings (SSSR count). The molecule has 0 aliphatic carbocycles. The van der Waals surface area contributed by atoms with E-state index in [1.807, 2.05) is 12.1 Å². The maximum Gasteiger partial charge on any atom is 0.295 e. The lowest BCUT2D eigenvalue weighted by Gasteiger charge is -2.22. The van der Waals surface area contributed by atoms with E-state index in [-0.39, 0.29) is 12.0 Å². The first kappa shape index (κ1) is 16.8. The van der Waals surface area contributed by atoms with Crippen molar-refractivity contribution in [2.24, 2.45) is 0 Å². The number of rotatable bonds is 4. The number of ether oxygens (including phenoxy) is 1. The third-order valence-corrected chi connectivity index (χ3v) is 5.67. The van der Waals surface area contributed by atoms with E-state index in [0.29, 0.717) is 22.1 Å². The van der Waals surface area contributed by atoms with Crippen LogP contribution >= 0.6 is 27.3 Å². The molecule has 1 atom stereocenters. The molecule has 3 heterocycles. The summed E-state index contributed by atoms with van der Waals surface area (Å²) < 4.78 is 12.8. The van der Waals surface area contributed by atoms with Crippen LogP contribution in [0.3, 0.4) is 0 Å². The fourth-order valence-corrected chi connectivity index (χ4v) is 4.32. The molecule has 25 heavy (non-hydrogen) atoms. The standard InChI is InChI=1S/C18H17BrN2O3S/c1-11-4-5-13-15(9-11)25-18(20-13)21(10-12-3-2-8-23-12)17(22)14-6-7-16(19)24-14/h4-7,9,12H,2-3,8,10H2,1H3. The highest BCUT2D eigenvalue weighted by Crippen LogP contribution is 2.32. The molecule has 2 aromatic heterocycles. The Morgan fingerprint density at radius 1 is 1.40 bits per heavy atom. The van der Waals surface area contributed by atoms with Crippen molar-refractivity contribution in [2.75, 3.05) is 18.1 Å². The van der Waals surface area contributed by atoms with Crippen LogP contribution in [0.25, 0.3) is 10.2 Å². The number of benzene rings is 1. The quantitative estimate of drug-likeness (QED) is 0.608. The van der Waals surface area contributed by atoms with Crippen molar-refractivity contribution in [3.05, 3.63) is 46.3 Å². The number of hydrogen-bond acceptors (Lipinski definition) is 5. The maximum absolute atomic E-state index is 13.0. The Balaban J connectivity index is 1.70. The Bertz CT molecular complexity index is 914. The van der Waals surface area contributed by atoms with Crippen molar-refractivity contribution in [3.8, 4) is 0 Å². The molecule has 0 radical (unpaired) electrons. The number of aryl methyl sites for hydroxylation is 1. The lowest BCUT2D eigenvalue weighted by atomic mass is 10.2. The van der Waals surface area contributed by atoms with E-state index in [0.717, 1.165) is 29.7 Å². The number of aromatic nitrogens is 1. The summed E-state index contributed by atoms with van der Waals surface area (Å²) >= 11 is 4.77. The van der Waals surface area contributed by atoms with Crippen molar-refractivity contribution in [3.63, 3.8) is 0 Å². The van der Waals surface area contributed by atoms with Gasteiger partial charge in [0.1, 0.15) is 0 Å². The second-order valence-corrected chi connectivity index (χ2v) is 7.91. The number of anilines is 1. The van der Waals surface area contributed by atoms with Gasteiger partial charge >= 0.3 is 0 Å². The van der Waals surface area contributed by atoms with Gasteiger partial charge in [0.15, 0.2) is 15.6 Å². The predicted molar refractivity (Wildman–Crippen MR) is 101 cm³/mol. The van der Waals surface area contributed by atoms with Gasteiger partial charge in [-0.2, -0.15) is 0 Å². The molecule has 1 fully saturated rings. The number of nitrogens with zero attached hydrogens (tertiary/aromatic N) is 2. The summed E-state index contributed by atoms with van der Waals surface area (Å²) in [4.78, 5) is 19.4. The van der Waals surface area contributed by atoms with Crippen LogP contribution in [0, 0.1) is 6.92 Å². The van der Waals surface area contributed by atoms with Gasteiger partial charge in [-0.3, -0.25) is 9.69 Å². The van der Waals surface area contributed by atoms with Crippen LogP contribution in [-0.2, 0) is 4.74 Å². The molecule has 0 saturated carbocycles. The van der Waals surface area contributed by atoms with Crippen molar-refractivity contribution >= 4 is 48.5 Å². The molecule has 7 heteroatoms. The third-order valence-electron chi connectivity index (χ3n) is 4.20. The molecule has 1 amide bonds. The highest BCUT2D eigenvalue weighted by Gasteiger charge is 2.28. The largest absolute Gasteiger partial charge is 0.444 e. The lowest BCUT2D eigenvalue weighted by molar-refractivity contribution is 0.0894. The van der Waals surface area contributed by atoms with E-state index in [1.54, 1.807) is 17.0 Å². The van der Waals surface area contributed by atoms with Crippen LogP contribution in [0.15, 0.2) is 39.4 Å². The summed E-state index contributed by atoms with van der Waals surface area (Å²) in [6, 6.07) is 9.50. The molecule has 130 valence electrons. The van der Waals surface area contributed by atoms with Crippen LogP contribution in [0.2, 0.25) is 0 Å². The van der Waals surface area contributed by atoms with Gasteiger partial charge in [0, 0.05) is 6.61 Å². The van der Waals surface area contributed by atoms with E-state index < -0.39 is 0 Å². The van der Waals surface area contributed by atoms with Gasteiger partial charge in [-0.15, -0.1) is 0 Å². The Labute approximate surface area is 157 Å². The zero-order valence-electron chi connectivity index (χ0n) is 13.7. The highest BCUT2D eigenvalue weighted by atomic mass is 79.9. The number of halogens is 1. The van der Waals surface area contributed by atoms with Crippen molar-refractivity contribution in [1.82, 2.24) is 4.98 Å². The topological polar surface area (TPSA) is 55.6 Å². The Morgan fingerprint density at radius 3 is 3.00 bits per heavy atom. The number of carbonyl (C=O) groups is 1. The molecule has 1 aliphatic rings. The highest BCUT2D eigenvalue weighted by molar-refractivity contribution is 9.10. The molecule has 1 saturated heterocycles. The zero-order valence-corrected chi connectivity index (χ0v) is 16.1. The minimum atomic E-state index is -0.197. The minimum absolute atomic E-state index is 0.0381. The first-order chi connectivity index (χ1) is 12.1. The lowest BCUT2D eigenvalue weighted by Crippen LogP contribution is -2.37. The molecular weight excluding hydrogens is 404 g/mol. The fourth-order valence-electron chi connectivity index (χ4n) is 2.94. The predicted octanol–water partition coefficient (Wildman–Crippen LogP) is 4.79. The molecular formula is C18H17BrN2O3S. The number of fused-ring (bicyclic) bond motifs is 1. The van der Waals surface area contributed by atoms with E-state index in [2.05, 4.69) is 33.9 Å². The van der Waals surface area contributed by atoms with E-state index >= 15 is 0 Å². The van der Waals surface area contributed by atoms with Crippen LogP contribution < -0.4 is 4.90 Å². The summed E-state index contributed by atoms with van der Waals surface area (Å²) in [5.41, 5.74) is 2.08. The number of hydrogen-bond donors (Lipinski definition) is 0. The number of carbonyl (C=O) groups excluding carboxylic acids is 1. The van der Waals surface area contributed by atoms with Gasteiger partial charge in [0.25, 0.3) is 5.91 Å². The minimum Gasteiger partial charge on any atom is -0.444 e. The van der Waals surface area contributed by atoms with E-state index in [4.69, 9.17) is 9.15 Å². The molecule has 1 aliphatic heterocycles. The maximum atomic E-state index is 13.0. The smallest absolute Gasteiger partial charge is 0.295 e. The van der Waals surface area contributed by atoms with E-state index in [1.165, 1.54) is 16.9 Å². The molecule has 5 nitrogen and oxygen atoms in total. The Hall–Kier alpha value is -1.70. The SMILES string of the molecule is Cc1ccc2nc(N(CC3CCCO3)C(=O)c3ccc(Br)o3)sc2c1. The fraction of sp³-hybridized carbons (Fsp3) is 0.333. The van der Waals surface area contributed by atoms with Gasteiger partial charge in [-0.05, 0) is 65.5 Å². The Morgan fingerprint density at radius 2 is 2.28 bits per heavy atom. The van der Waals surface area contributed by atoms with Crippen molar-refractivity contribution in [1.29, 1.82) is 0 Å². The zero-order chi connectivity index (χ0) is 17.4. The van der Waals surface area contributed by atoms with Gasteiger partial charge < -0.3 is 9.15 Å². The molecule has 0 bridgehead atoms. The third kappa shape index (κ3) is 3.49. The van der Waals surface area contributed by atoms with Crippen LogP contribution in [0.4, 0.5) is 5.13 Å². The second-order valence-electron chi connectivity index (χ2n) is 6.12.